The van der Waals surface area contributed by atoms with Crippen LogP contribution in [0.25, 0.3) is 0 Å². The predicted molar refractivity (Wildman–Crippen MR) is 69.6 cm³/mol. The van der Waals surface area contributed by atoms with Gasteiger partial charge in [-0.3, -0.25) is 0 Å². The van der Waals surface area contributed by atoms with Crippen molar-refractivity contribution in [3.8, 4) is 0 Å². The SMILES string of the molecule is Cc1ccc(NC(=S)N=CN(C)C)cc1. The standard InChI is InChI=1S/C11H15N3S/c1-9-4-6-10(7-5-9)13-11(15)12-8-14(2)3/h4-8H,1-3H3,(H,13,15). The van der Waals surface area contributed by atoms with Crippen LogP contribution < -0.4 is 5.32 Å². The Morgan fingerprint density at radius 3 is 2.47 bits per heavy atom. The van der Waals surface area contributed by atoms with E-state index >= 15 is 0 Å². The topological polar surface area (TPSA) is 27.6 Å². The number of aryl methyl sites for hydroxylation is 1. The summed E-state index contributed by atoms with van der Waals surface area (Å²) in [6.07, 6.45) is 1.67. The Balaban J connectivity index is 2.55. The lowest BCUT2D eigenvalue weighted by Crippen LogP contribution is -2.12. The lowest BCUT2D eigenvalue weighted by Gasteiger charge is -2.05. The van der Waals surface area contributed by atoms with Gasteiger partial charge in [0, 0.05) is 19.8 Å². The van der Waals surface area contributed by atoms with Crippen molar-refractivity contribution < 1.29 is 0 Å². The van der Waals surface area contributed by atoms with Gasteiger partial charge in [0.2, 0.25) is 0 Å². The summed E-state index contributed by atoms with van der Waals surface area (Å²) in [5, 5.41) is 3.50. The first kappa shape index (κ1) is 11.7. The summed E-state index contributed by atoms with van der Waals surface area (Å²) in [5.74, 6) is 0. The molecule has 1 rings (SSSR count). The van der Waals surface area contributed by atoms with E-state index in [4.69, 9.17) is 12.2 Å². The summed E-state index contributed by atoms with van der Waals surface area (Å²) in [6.45, 7) is 2.05. The molecular weight excluding hydrogens is 206 g/mol. The molecule has 1 aromatic rings. The molecule has 1 N–H and O–H groups in total. The number of anilines is 1. The Labute approximate surface area is 95.8 Å². The van der Waals surface area contributed by atoms with Crippen LogP contribution in [0.15, 0.2) is 29.3 Å². The molecular formula is C11H15N3S. The van der Waals surface area contributed by atoms with Crippen molar-refractivity contribution in [1.29, 1.82) is 0 Å². The van der Waals surface area contributed by atoms with Crippen LogP contribution in [0.5, 0.6) is 0 Å². The normalized spacial score (nSPS) is 10.3. The first-order valence-corrected chi connectivity index (χ1v) is 5.07. The Kier molecular flexibility index (Phi) is 4.24. The number of nitrogens with zero attached hydrogens (tertiary/aromatic N) is 2. The quantitative estimate of drug-likeness (QED) is 0.472. The zero-order valence-electron chi connectivity index (χ0n) is 9.19. The van der Waals surface area contributed by atoms with Gasteiger partial charge >= 0.3 is 0 Å². The zero-order valence-corrected chi connectivity index (χ0v) is 10.0. The molecule has 0 radical (unpaired) electrons. The maximum absolute atomic E-state index is 5.05. The van der Waals surface area contributed by atoms with Crippen molar-refractivity contribution in [2.45, 2.75) is 6.92 Å². The van der Waals surface area contributed by atoms with E-state index in [1.807, 2.05) is 50.2 Å². The smallest absolute Gasteiger partial charge is 0.198 e. The Bertz CT molecular complexity index is 355. The fourth-order valence-corrected chi connectivity index (χ4v) is 1.13. The van der Waals surface area contributed by atoms with E-state index in [1.54, 1.807) is 6.34 Å². The van der Waals surface area contributed by atoms with E-state index in [0.29, 0.717) is 5.11 Å². The summed E-state index contributed by atoms with van der Waals surface area (Å²) in [4.78, 5) is 5.90. The van der Waals surface area contributed by atoms with Crippen LogP contribution in [0.4, 0.5) is 5.69 Å². The lowest BCUT2D eigenvalue weighted by atomic mass is 10.2. The maximum atomic E-state index is 5.05. The Morgan fingerprint density at radius 1 is 1.33 bits per heavy atom. The molecule has 15 heavy (non-hydrogen) atoms. The van der Waals surface area contributed by atoms with Crippen LogP contribution in [0.3, 0.4) is 0 Å². The molecule has 0 amide bonds. The number of rotatable bonds is 2. The molecule has 0 aliphatic rings. The summed E-state index contributed by atoms with van der Waals surface area (Å²) in [6, 6.07) is 8.01. The van der Waals surface area contributed by atoms with E-state index < -0.39 is 0 Å². The van der Waals surface area contributed by atoms with Crippen LogP contribution in [0, 0.1) is 6.92 Å². The predicted octanol–water partition coefficient (Wildman–Crippen LogP) is 2.28. The third-order valence-electron chi connectivity index (χ3n) is 1.71. The molecule has 0 aliphatic carbocycles. The molecule has 0 aromatic heterocycles. The van der Waals surface area contributed by atoms with Crippen LogP contribution in [0.1, 0.15) is 5.56 Å². The van der Waals surface area contributed by atoms with Gasteiger partial charge in [0.1, 0.15) is 0 Å². The first-order valence-electron chi connectivity index (χ1n) is 4.66. The van der Waals surface area contributed by atoms with Gasteiger partial charge in [-0.15, -0.1) is 0 Å². The number of hydrogen-bond donors (Lipinski definition) is 1. The summed E-state index contributed by atoms with van der Waals surface area (Å²) in [5.41, 5.74) is 2.18. The molecule has 0 spiro atoms. The van der Waals surface area contributed by atoms with Crippen molar-refractivity contribution in [1.82, 2.24) is 4.90 Å². The molecule has 3 nitrogen and oxygen atoms in total. The number of nitrogens with one attached hydrogen (secondary N) is 1. The highest BCUT2D eigenvalue weighted by Crippen LogP contribution is 2.08. The van der Waals surface area contributed by atoms with Crippen molar-refractivity contribution >= 4 is 29.4 Å². The first-order chi connectivity index (χ1) is 7.08. The second-order valence-corrected chi connectivity index (χ2v) is 3.89. The molecule has 0 saturated heterocycles. The van der Waals surface area contributed by atoms with Crippen LogP contribution in [-0.2, 0) is 0 Å². The van der Waals surface area contributed by atoms with Gasteiger partial charge < -0.3 is 10.2 Å². The molecule has 4 heteroatoms. The van der Waals surface area contributed by atoms with E-state index in [2.05, 4.69) is 10.3 Å². The molecule has 0 fully saturated rings. The average Bonchev–Trinajstić information content (AvgIpc) is 2.19. The fourth-order valence-electron chi connectivity index (χ4n) is 0.961. The molecule has 1 aromatic carbocycles. The molecule has 0 atom stereocenters. The third kappa shape index (κ3) is 4.56. The van der Waals surface area contributed by atoms with Crippen molar-refractivity contribution in [2.24, 2.45) is 4.99 Å². The lowest BCUT2D eigenvalue weighted by molar-refractivity contribution is 0.644. The molecule has 0 aliphatic heterocycles. The van der Waals surface area contributed by atoms with Gasteiger partial charge in [0.05, 0.1) is 6.34 Å². The minimum absolute atomic E-state index is 0.465. The summed E-state index contributed by atoms with van der Waals surface area (Å²) < 4.78 is 0. The second kappa shape index (κ2) is 5.46. The van der Waals surface area contributed by atoms with Crippen LogP contribution >= 0.6 is 12.2 Å². The second-order valence-electron chi connectivity index (χ2n) is 3.50. The van der Waals surface area contributed by atoms with E-state index in [0.717, 1.165) is 5.69 Å². The average molecular weight is 221 g/mol. The highest BCUT2D eigenvalue weighted by molar-refractivity contribution is 7.80. The van der Waals surface area contributed by atoms with Crippen LogP contribution in [-0.4, -0.2) is 30.4 Å². The largest absolute Gasteiger partial charge is 0.369 e. The summed E-state index contributed by atoms with van der Waals surface area (Å²) >= 11 is 5.05. The highest BCUT2D eigenvalue weighted by atomic mass is 32.1. The van der Waals surface area contributed by atoms with Gasteiger partial charge in [-0.05, 0) is 31.3 Å². The van der Waals surface area contributed by atoms with Gasteiger partial charge in [-0.1, -0.05) is 17.7 Å². The van der Waals surface area contributed by atoms with E-state index in [-0.39, 0.29) is 0 Å². The molecule has 80 valence electrons. The van der Waals surface area contributed by atoms with Crippen molar-refractivity contribution in [3.63, 3.8) is 0 Å². The molecule has 0 heterocycles. The fraction of sp³-hybridized carbons (Fsp3) is 0.273. The van der Waals surface area contributed by atoms with E-state index in [9.17, 15) is 0 Å². The Morgan fingerprint density at radius 2 is 1.93 bits per heavy atom. The molecule has 0 unspecified atom stereocenters. The van der Waals surface area contributed by atoms with Gasteiger partial charge in [0.25, 0.3) is 0 Å². The van der Waals surface area contributed by atoms with Gasteiger partial charge in [0.15, 0.2) is 5.11 Å². The monoisotopic (exact) mass is 221 g/mol. The van der Waals surface area contributed by atoms with Crippen molar-refractivity contribution in [2.75, 3.05) is 19.4 Å². The van der Waals surface area contributed by atoms with Crippen molar-refractivity contribution in [3.05, 3.63) is 29.8 Å². The molecule has 0 saturated carbocycles. The minimum atomic E-state index is 0.465. The number of aliphatic imine (C=N–C) groups is 1. The third-order valence-corrected chi connectivity index (χ3v) is 1.92. The molecule has 0 bridgehead atoms. The zero-order chi connectivity index (χ0) is 11.3. The summed E-state index contributed by atoms with van der Waals surface area (Å²) in [7, 11) is 3.80. The number of thiocarbonyl (C=S) groups is 1. The Hall–Kier alpha value is -1.42. The van der Waals surface area contributed by atoms with Gasteiger partial charge in [-0.2, -0.15) is 0 Å². The van der Waals surface area contributed by atoms with E-state index in [1.165, 1.54) is 5.56 Å². The number of hydrogen-bond acceptors (Lipinski definition) is 1. The number of benzene rings is 1. The van der Waals surface area contributed by atoms with Gasteiger partial charge in [-0.25, -0.2) is 4.99 Å². The minimum Gasteiger partial charge on any atom is -0.369 e. The maximum Gasteiger partial charge on any atom is 0.198 e. The highest BCUT2D eigenvalue weighted by Gasteiger charge is 1.94. The van der Waals surface area contributed by atoms with Crippen LogP contribution in [0.2, 0.25) is 0 Å².